The van der Waals surface area contributed by atoms with E-state index >= 15 is 0 Å². The number of amides is 2. The van der Waals surface area contributed by atoms with Crippen LogP contribution in [-0.4, -0.2) is 37.5 Å². The van der Waals surface area contributed by atoms with Crippen LogP contribution in [0.5, 0.6) is 0 Å². The van der Waals surface area contributed by atoms with E-state index in [4.69, 9.17) is 0 Å². The Morgan fingerprint density at radius 1 is 1.18 bits per heavy atom. The summed E-state index contributed by atoms with van der Waals surface area (Å²) in [5.41, 5.74) is 1.73. The van der Waals surface area contributed by atoms with Gasteiger partial charge in [0, 0.05) is 37.8 Å². The Morgan fingerprint density at radius 3 is 2.43 bits per heavy atom. The Bertz CT molecular complexity index is 658. The van der Waals surface area contributed by atoms with Crippen LogP contribution in [0, 0.1) is 11.3 Å². The fraction of sp³-hybridized carbons (Fsp3) is 0.652. The third-order valence-corrected chi connectivity index (χ3v) is 5.35. The number of nitrogens with one attached hydrogen (secondary N) is 2. The highest BCUT2D eigenvalue weighted by Gasteiger charge is 2.25. The van der Waals surface area contributed by atoms with Crippen molar-refractivity contribution >= 4 is 17.5 Å². The maximum absolute atomic E-state index is 12.7. The van der Waals surface area contributed by atoms with E-state index in [1.807, 2.05) is 24.3 Å². The first-order valence-electron chi connectivity index (χ1n) is 10.6. The topological polar surface area (TPSA) is 61.4 Å². The van der Waals surface area contributed by atoms with Gasteiger partial charge in [-0.1, -0.05) is 53.2 Å². The Labute approximate surface area is 170 Å². The monoisotopic (exact) mass is 387 g/mol. The predicted molar refractivity (Wildman–Crippen MR) is 116 cm³/mol. The largest absolute Gasteiger partial charge is 0.371 e. The Hall–Kier alpha value is -2.04. The highest BCUT2D eigenvalue weighted by atomic mass is 16.2. The lowest BCUT2D eigenvalue weighted by atomic mass is 9.91. The van der Waals surface area contributed by atoms with Gasteiger partial charge in [-0.3, -0.25) is 9.59 Å². The van der Waals surface area contributed by atoms with E-state index in [1.54, 1.807) is 0 Å². The van der Waals surface area contributed by atoms with E-state index in [1.165, 1.54) is 0 Å². The summed E-state index contributed by atoms with van der Waals surface area (Å²) >= 11 is 0. The number of benzene rings is 1. The van der Waals surface area contributed by atoms with Gasteiger partial charge in [0.05, 0.1) is 5.56 Å². The fourth-order valence-corrected chi connectivity index (χ4v) is 3.47. The van der Waals surface area contributed by atoms with Crippen molar-refractivity contribution in [3.63, 3.8) is 0 Å². The number of rotatable bonds is 7. The molecule has 0 saturated carbocycles. The van der Waals surface area contributed by atoms with E-state index in [2.05, 4.69) is 50.2 Å². The normalized spacial score (nSPS) is 16.5. The number of carbonyl (C=O) groups excluding carboxylic acids is 2. The number of hydrogen-bond donors (Lipinski definition) is 2. The lowest BCUT2D eigenvalue weighted by molar-refractivity contribution is -0.123. The summed E-state index contributed by atoms with van der Waals surface area (Å²) in [5, 5.41) is 6.24. The zero-order valence-electron chi connectivity index (χ0n) is 18.2. The van der Waals surface area contributed by atoms with Crippen LogP contribution < -0.4 is 15.5 Å². The molecule has 5 heteroatoms. The first-order chi connectivity index (χ1) is 13.2. The minimum atomic E-state index is -0.00324. The molecule has 0 aliphatic carbocycles. The Kier molecular flexibility index (Phi) is 7.90. The number of para-hydroxylation sites is 1. The molecule has 0 aromatic heterocycles. The second-order valence-corrected chi connectivity index (χ2v) is 9.31. The van der Waals surface area contributed by atoms with Gasteiger partial charge < -0.3 is 15.5 Å². The summed E-state index contributed by atoms with van der Waals surface area (Å²) in [6.45, 7) is 12.9. The zero-order valence-corrected chi connectivity index (χ0v) is 18.2. The van der Waals surface area contributed by atoms with Crippen LogP contribution >= 0.6 is 0 Å². The molecule has 1 aromatic carbocycles. The maximum atomic E-state index is 12.7. The van der Waals surface area contributed by atoms with Gasteiger partial charge in [0.15, 0.2) is 0 Å². The average molecular weight is 388 g/mol. The van der Waals surface area contributed by atoms with E-state index in [0.717, 1.165) is 43.6 Å². The van der Waals surface area contributed by atoms with Gasteiger partial charge in [0.1, 0.15) is 0 Å². The first kappa shape index (κ1) is 22.3. The van der Waals surface area contributed by atoms with E-state index < -0.39 is 0 Å². The quantitative estimate of drug-likeness (QED) is 0.744. The molecule has 1 saturated heterocycles. The summed E-state index contributed by atoms with van der Waals surface area (Å²) in [6.07, 6.45) is 3.40. The van der Waals surface area contributed by atoms with Crippen LogP contribution in [0.1, 0.15) is 70.7 Å². The number of hydrogen-bond acceptors (Lipinski definition) is 3. The summed E-state index contributed by atoms with van der Waals surface area (Å²) in [7, 11) is 0. The van der Waals surface area contributed by atoms with Gasteiger partial charge in [-0.25, -0.2) is 0 Å². The van der Waals surface area contributed by atoms with Gasteiger partial charge in [-0.05, 0) is 36.3 Å². The molecule has 1 aliphatic heterocycles. The molecule has 1 atom stereocenters. The molecule has 2 amide bonds. The number of piperidine rings is 1. The molecule has 1 aliphatic rings. The maximum Gasteiger partial charge on any atom is 0.253 e. The lowest BCUT2D eigenvalue weighted by Gasteiger charge is -2.35. The van der Waals surface area contributed by atoms with Crippen LogP contribution in [-0.2, 0) is 4.79 Å². The SMILES string of the molecule is CCC(C)CNC(=O)c1ccccc1N1CCC(NC(=O)CC(C)(C)C)CC1. The summed E-state index contributed by atoms with van der Waals surface area (Å²) in [4.78, 5) is 27.1. The van der Waals surface area contributed by atoms with Crippen molar-refractivity contribution in [2.75, 3.05) is 24.5 Å². The average Bonchev–Trinajstić information content (AvgIpc) is 2.65. The summed E-state index contributed by atoms with van der Waals surface area (Å²) in [6, 6.07) is 8.05. The van der Waals surface area contributed by atoms with Crippen molar-refractivity contribution in [1.29, 1.82) is 0 Å². The van der Waals surface area contributed by atoms with Crippen molar-refractivity contribution < 1.29 is 9.59 Å². The molecule has 5 nitrogen and oxygen atoms in total. The molecule has 1 fully saturated rings. The minimum Gasteiger partial charge on any atom is -0.371 e. The third-order valence-electron chi connectivity index (χ3n) is 5.35. The second-order valence-electron chi connectivity index (χ2n) is 9.31. The number of carbonyl (C=O) groups is 2. The molecule has 1 aromatic rings. The molecule has 2 N–H and O–H groups in total. The van der Waals surface area contributed by atoms with Crippen molar-refractivity contribution in [3.8, 4) is 0 Å². The smallest absolute Gasteiger partial charge is 0.253 e. The molecular weight excluding hydrogens is 350 g/mol. The Balaban J connectivity index is 1.94. The fourth-order valence-electron chi connectivity index (χ4n) is 3.47. The van der Waals surface area contributed by atoms with Crippen molar-refractivity contribution in [2.24, 2.45) is 11.3 Å². The van der Waals surface area contributed by atoms with Crippen LogP contribution in [0.3, 0.4) is 0 Å². The molecule has 2 rings (SSSR count). The minimum absolute atomic E-state index is 0.00324. The molecule has 1 heterocycles. The van der Waals surface area contributed by atoms with Gasteiger partial charge >= 0.3 is 0 Å². The van der Waals surface area contributed by atoms with Gasteiger partial charge in [0.25, 0.3) is 5.91 Å². The molecule has 0 spiro atoms. The zero-order chi connectivity index (χ0) is 20.7. The molecular formula is C23H37N3O2. The summed E-state index contributed by atoms with van der Waals surface area (Å²) < 4.78 is 0. The van der Waals surface area contributed by atoms with E-state index in [-0.39, 0.29) is 23.3 Å². The van der Waals surface area contributed by atoms with Crippen molar-refractivity contribution in [3.05, 3.63) is 29.8 Å². The molecule has 1 unspecified atom stereocenters. The standard InChI is InChI=1S/C23H37N3O2/c1-6-17(2)16-24-22(28)19-9-7-8-10-20(19)26-13-11-18(12-14-26)25-21(27)15-23(3,4)5/h7-10,17-18H,6,11-16H2,1-5H3,(H,24,28)(H,25,27). The third kappa shape index (κ3) is 6.84. The van der Waals surface area contributed by atoms with Gasteiger partial charge in [-0.15, -0.1) is 0 Å². The molecule has 0 bridgehead atoms. The molecule has 0 radical (unpaired) electrons. The molecule has 28 heavy (non-hydrogen) atoms. The lowest BCUT2D eigenvalue weighted by Crippen LogP contribution is -2.45. The van der Waals surface area contributed by atoms with E-state index in [0.29, 0.717) is 18.9 Å². The van der Waals surface area contributed by atoms with E-state index in [9.17, 15) is 9.59 Å². The number of nitrogens with zero attached hydrogens (tertiary/aromatic N) is 1. The van der Waals surface area contributed by atoms with Crippen molar-refractivity contribution in [1.82, 2.24) is 10.6 Å². The van der Waals surface area contributed by atoms with Gasteiger partial charge in [0.2, 0.25) is 5.91 Å². The first-order valence-corrected chi connectivity index (χ1v) is 10.6. The Morgan fingerprint density at radius 2 is 1.82 bits per heavy atom. The summed E-state index contributed by atoms with van der Waals surface area (Å²) in [5.74, 6) is 0.607. The highest BCUT2D eigenvalue weighted by molar-refractivity contribution is 5.99. The van der Waals surface area contributed by atoms with Crippen LogP contribution in [0.25, 0.3) is 0 Å². The van der Waals surface area contributed by atoms with Crippen LogP contribution in [0.15, 0.2) is 24.3 Å². The van der Waals surface area contributed by atoms with Crippen molar-refractivity contribution in [2.45, 2.75) is 66.3 Å². The molecule has 156 valence electrons. The second kappa shape index (κ2) is 9.94. The van der Waals surface area contributed by atoms with Crippen LogP contribution in [0.2, 0.25) is 0 Å². The predicted octanol–water partition coefficient (Wildman–Crippen LogP) is 3.98. The highest BCUT2D eigenvalue weighted by Crippen LogP contribution is 2.25. The number of anilines is 1. The van der Waals surface area contributed by atoms with Crippen LogP contribution in [0.4, 0.5) is 5.69 Å². The van der Waals surface area contributed by atoms with Gasteiger partial charge in [-0.2, -0.15) is 0 Å².